The fraction of sp³-hybridized carbons (Fsp3) is 0.462. The molecule has 100 valence electrons. The minimum atomic E-state index is 0.0685. The maximum Gasteiger partial charge on any atom is 0.222 e. The maximum absolute atomic E-state index is 11.9. The van der Waals surface area contributed by atoms with Gasteiger partial charge in [0.25, 0.3) is 0 Å². The minimum Gasteiger partial charge on any atom is -0.341 e. The highest BCUT2D eigenvalue weighted by Gasteiger charge is 2.14. The third-order valence-electron chi connectivity index (χ3n) is 2.77. The van der Waals surface area contributed by atoms with Gasteiger partial charge in [0.05, 0.1) is 0 Å². The number of hydrogen-bond acceptors (Lipinski definition) is 2. The summed E-state index contributed by atoms with van der Waals surface area (Å²) in [5.41, 5.74) is 6.39. The zero-order chi connectivity index (χ0) is 13.7. The molecule has 1 atom stereocenters. The first-order valence-corrected chi connectivity index (χ1v) is 6.57. The summed E-state index contributed by atoms with van der Waals surface area (Å²) in [5, 5.41) is 1.17. The number of rotatable bonds is 5. The van der Waals surface area contributed by atoms with Crippen molar-refractivity contribution in [2.24, 2.45) is 11.7 Å². The lowest BCUT2D eigenvalue weighted by Gasteiger charge is -2.19. The van der Waals surface area contributed by atoms with Crippen LogP contribution in [0.4, 0.5) is 0 Å². The van der Waals surface area contributed by atoms with Crippen LogP contribution in [-0.2, 0) is 11.3 Å². The highest BCUT2D eigenvalue weighted by molar-refractivity contribution is 6.35. The van der Waals surface area contributed by atoms with E-state index in [4.69, 9.17) is 28.9 Å². The number of halogens is 2. The van der Waals surface area contributed by atoms with E-state index in [-0.39, 0.29) is 11.8 Å². The molecule has 5 heteroatoms. The van der Waals surface area contributed by atoms with Gasteiger partial charge >= 0.3 is 0 Å². The molecule has 1 unspecified atom stereocenters. The molecule has 0 saturated heterocycles. The first kappa shape index (κ1) is 15.3. The number of nitrogens with two attached hydrogens (primary N) is 1. The van der Waals surface area contributed by atoms with Crippen LogP contribution in [0.1, 0.15) is 18.9 Å². The Labute approximate surface area is 118 Å². The molecule has 0 radical (unpaired) electrons. The molecule has 0 spiro atoms. The van der Waals surface area contributed by atoms with E-state index in [2.05, 4.69) is 0 Å². The van der Waals surface area contributed by atoms with Gasteiger partial charge in [-0.2, -0.15) is 0 Å². The van der Waals surface area contributed by atoms with Crippen molar-refractivity contribution in [1.29, 1.82) is 0 Å². The largest absolute Gasteiger partial charge is 0.341 e. The standard InChI is InChI=1S/C13H18Cl2N2O/c1-9(7-16)5-13(18)17(2)8-10-3-4-11(14)6-12(10)15/h3-4,6,9H,5,7-8,16H2,1-2H3. The smallest absolute Gasteiger partial charge is 0.222 e. The zero-order valence-electron chi connectivity index (χ0n) is 10.6. The van der Waals surface area contributed by atoms with E-state index in [0.717, 1.165) is 5.56 Å². The lowest BCUT2D eigenvalue weighted by Crippen LogP contribution is -2.29. The van der Waals surface area contributed by atoms with E-state index in [9.17, 15) is 4.79 Å². The Bertz CT molecular complexity index is 423. The second-order valence-corrected chi connectivity index (χ2v) is 5.37. The zero-order valence-corrected chi connectivity index (χ0v) is 12.1. The van der Waals surface area contributed by atoms with E-state index in [1.807, 2.05) is 13.0 Å². The van der Waals surface area contributed by atoms with Crippen molar-refractivity contribution < 1.29 is 4.79 Å². The molecule has 1 aromatic rings. The molecule has 0 aliphatic rings. The molecule has 0 bridgehead atoms. The molecule has 0 aromatic heterocycles. The van der Waals surface area contributed by atoms with Crippen molar-refractivity contribution >= 4 is 29.1 Å². The van der Waals surface area contributed by atoms with E-state index >= 15 is 0 Å². The highest BCUT2D eigenvalue weighted by Crippen LogP contribution is 2.22. The molecule has 18 heavy (non-hydrogen) atoms. The van der Waals surface area contributed by atoms with Crippen molar-refractivity contribution in [2.75, 3.05) is 13.6 Å². The molecule has 0 aliphatic carbocycles. The first-order chi connectivity index (χ1) is 8.43. The van der Waals surface area contributed by atoms with Crippen molar-refractivity contribution in [3.8, 4) is 0 Å². The molecule has 1 rings (SSSR count). The lowest BCUT2D eigenvalue weighted by molar-refractivity contribution is -0.131. The average Bonchev–Trinajstić information content (AvgIpc) is 2.32. The van der Waals surface area contributed by atoms with Crippen LogP contribution >= 0.6 is 23.2 Å². The molecule has 0 fully saturated rings. The Morgan fingerprint density at radius 3 is 2.67 bits per heavy atom. The summed E-state index contributed by atoms with van der Waals surface area (Å²) in [5.74, 6) is 0.264. The molecule has 1 amide bonds. The van der Waals surface area contributed by atoms with Gasteiger partial charge in [-0.25, -0.2) is 0 Å². The number of benzene rings is 1. The third kappa shape index (κ3) is 4.48. The minimum absolute atomic E-state index is 0.0685. The quantitative estimate of drug-likeness (QED) is 0.906. The van der Waals surface area contributed by atoms with Gasteiger partial charge in [-0.3, -0.25) is 4.79 Å². The van der Waals surface area contributed by atoms with Gasteiger partial charge in [0.15, 0.2) is 0 Å². The van der Waals surface area contributed by atoms with E-state index < -0.39 is 0 Å². The second kappa shape index (κ2) is 6.98. The van der Waals surface area contributed by atoms with Crippen molar-refractivity contribution in [1.82, 2.24) is 4.90 Å². The molecule has 0 heterocycles. The van der Waals surface area contributed by atoms with Gasteiger partial charge in [0.1, 0.15) is 0 Å². The van der Waals surface area contributed by atoms with Crippen molar-refractivity contribution in [2.45, 2.75) is 19.9 Å². The van der Waals surface area contributed by atoms with Crippen LogP contribution in [0.5, 0.6) is 0 Å². The SMILES string of the molecule is CC(CN)CC(=O)N(C)Cc1ccc(Cl)cc1Cl. The van der Waals surface area contributed by atoms with Crippen molar-refractivity contribution in [3.63, 3.8) is 0 Å². The predicted octanol–water partition coefficient (Wildman–Crippen LogP) is 2.94. The Balaban J connectivity index is 2.63. The maximum atomic E-state index is 11.9. The van der Waals surface area contributed by atoms with Crippen LogP contribution in [0.25, 0.3) is 0 Å². The van der Waals surface area contributed by atoms with Crippen LogP contribution in [0.15, 0.2) is 18.2 Å². The Hall–Kier alpha value is -0.770. The fourth-order valence-electron chi connectivity index (χ4n) is 1.53. The molecule has 0 aliphatic heterocycles. The van der Waals surface area contributed by atoms with E-state index in [1.54, 1.807) is 24.1 Å². The first-order valence-electron chi connectivity index (χ1n) is 5.82. The summed E-state index contributed by atoms with van der Waals surface area (Å²) < 4.78 is 0. The number of amides is 1. The van der Waals surface area contributed by atoms with Crippen molar-refractivity contribution in [3.05, 3.63) is 33.8 Å². The molecule has 0 saturated carbocycles. The fourth-order valence-corrected chi connectivity index (χ4v) is 2.00. The lowest BCUT2D eigenvalue weighted by atomic mass is 10.1. The van der Waals surface area contributed by atoms with E-state index in [1.165, 1.54) is 0 Å². The predicted molar refractivity (Wildman–Crippen MR) is 75.8 cm³/mol. The number of carbonyl (C=O) groups is 1. The summed E-state index contributed by atoms with van der Waals surface area (Å²) >= 11 is 11.9. The summed E-state index contributed by atoms with van der Waals surface area (Å²) in [6.07, 6.45) is 0.457. The van der Waals surface area contributed by atoms with E-state index in [0.29, 0.717) is 29.6 Å². The molecular formula is C13H18Cl2N2O. The van der Waals surface area contributed by atoms with Gasteiger partial charge in [0, 0.05) is 30.1 Å². The van der Waals surface area contributed by atoms with Crippen LogP contribution in [0.3, 0.4) is 0 Å². The van der Waals surface area contributed by atoms with Crippen LogP contribution in [0.2, 0.25) is 10.0 Å². The van der Waals surface area contributed by atoms with Crippen LogP contribution in [0, 0.1) is 5.92 Å². The topological polar surface area (TPSA) is 46.3 Å². The molecule has 1 aromatic carbocycles. The monoisotopic (exact) mass is 288 g/mol. The highest BCUT2D eigenvalue weighted by atomic mass is 35.5. The molecule has 2 N–H and O–H groups in total. The third-order valence-corrected chi connectivity index (χ3v) is 3.36. The van der Waals surface area contributed by atoms with Gasteiger partial charge in [-0.15, -0.1) is 0 Å². The Morgan fingerprint density at radius 2 is 2.11 bits per heavy atom. The van der Waals surface area contributed by atoms with Gasteiger partial charge < -0.3 is 10.6 Å². The second-order valence-electron chi connectivity index (χ2n) is 4.53. The summed E-state index contributed by atoms with van der Waals surface area (Å²) in [6, 6.07) is 5.28. The number of nitrogens with zero attached hydrogens (tertiary/aromatic N) is 1. The van der Waals surface area contributed by atoms with Gasteiger partial charge in [-0.05, 0) is 30.2 Å². The van der Waals surface area contributed by atoms with Gasteiger partial charge in [-0.1, -0.05) is 36.2 Å². The summed E-state index contributed by atoms with van der Waals surface area (Å²) in [4.78, 5) is 13.6. The molecule has 3 nitrogen and oxygen atoms in total. The normalized spacial score (nSPS) is 12.3. The summed E-state index contributed by atoms with van der Waals surface area (Å²) in [7, 11) is 1.76. The Kier molecular flexibility index (Phi) is 5.93. The molecular weight excluding hydrogens is 271 g/mol. The number of carbonyl (C=O) groups excluding carboxylic acids is 1. The van der Waals surface area contributed by atoms with Crippen LogP contribution in [-0.4, -0.2) is 24.4 Å². The summed E-state index contributed by atoms with van der Waals surface area (Å²) in [6.45, 7) is 2.95. The van der Waals surface area contributed by atoms with Crippen LogP contribution < -0.4 is 5.73 Å². The average molecular weight is 289 g/mol. The Morgan fingerprint density at radius 1 is 1.44 bits per heavy atom. The van der Waals surface area contributed by atoms with Gasteiger partial charge in [0.2, 0.25) is 5.91 Å². The number of hydrogen-bond donors (Lipinski definition) is 1.